The summed E-state index contributed by atoms with van der Waals surface area (Å²) in [7, 11) is 0. The molecule has 0 radical (unpaired) electrons. The standard InChI is InChI=1S/C11H11NO4/c1-2-3-10(11(13)14)8-4-6-9(7-5-8)12(15)16/h2,4-7,10H,1,3H2,(H,13,14). The highest BCUT2D eigenvalue weighted by atomic mass is 16.6. The minimum Gasteiger partial charge on any atom is -0.481 e. The number of rotatable bonds is 5. The Morgan fingerprint density at radius 3 is 2.44 bits per heavy atom. The summed E-state index contributed by atoms with van der Waals surface area (Å²) >= 11 is 0. The molecule has 0 saturated carbocycles. The van der Waals surface area contributed by atoms with Gasteiger partial charge in [-0.2, -0.15) is 0 Å². The molecule has 0 aromatic heterocycles. The van der Waals surface area contributed by atoms with E-state index in [2.05, 4.69) is 6.58 Å². The third kappa shape index (κ3) is 2.66. The molecule has 0 fully saturated rings. The van der Waals surface area contributed by atoms with Crippen molar-refractivity contribution in [1.29, 1.82) is 0 Å². The first-order valence-corrected chi connectivity index (χ1v) is 4.64. The Labute approximate surface area is 92.2 Å². The smallest absolute Gasteiger partial charge is 0.311 e. The van der Waals surface area contributed by atoms with Gasteiger partial charge in [-0.3, -0.25) is 14.9 Å². The maximum absolute atomic E-state index is 10.9. The number of carboxylic acid groups (broad SMARTS) is 1. The van der Waals surface area contributed by atoms with Gasteiger partial charge in [0.2, 0.25) is 0 Å². The van der Waals surface area contributed by atoms with Crippen molar-refractivity contribution >= 4 is 11.7 Å². The third-order valence-electron chi connectivity index (χ3n) is 2.21. The molecule has 0 saturated heterocycles. The quantitative estimate of drug-likeness (QED) is 0.470. The summed E-state index contributed by atoms with van der Waals surface area (Å²) in [4.78, 5) is 20.8. The van der Waals surface area contributed by atoms with E-state index < -0.39 is 16.8 Å². The second-order valence-corrected chi connectivity index (χ2v) is 3.26. The molecular weight excluding hydrogens is 210 g/mol. The van der Waals surface area contributed by atoms with Crippen LogP contribution in [0, 0.1) is 10.1 Å². The summed E-state index contributed by atoms with van der Waals surface area (Å²) < 4.78 is 0. The normalized spacial score (nSPS) is 11.8. The van der Waals surface area contributed by atoms with E-state index in [4.69, 9.17) is 5.11 Å². The average molecular weight is 221 g/mol. The Bertz CT molecular complexity index is 410. The lowest BCUT2D eigenvalue weighted by Gasteiger charge is -2.09. The van der Waals surface area contributed by atoms with E-state index in [0.717, 1.165) is 0 Å². The number of nitro benzene ring substituents is 1. The predicted molar refractivity (Wildman–Crippen MR) is 58.3 cm³/mol. The zero-order chi connectivity index (χ0) is 12.1. The van der Waals surface area contributed by atoms with E-state index in [1.54, 1.807) is 0 Å². The first-order valence-electron chi connectivity index (χ1n) is 4.64. The number of benzene rings is 1. The van der Waals surface area contributed by atoms with Gasteiger partial charge >= 0.3 is 5.97 Å². The fraction of sp³-hybridized carbons (Fsp3) is 0.182. The van der Waals surface area contributed by atoms with Crippen LogP contribution >= 0.6 is 0 Å². The van der Waals surface area contributed by atoms with Crippen LogP contribution in [0.5, 0.6) is 0 Å². The van der Waals surface area contributed by atoms with Crippen LogP contribution in [-0.4, -0.2) is 16.0 Å². The molecule has 16 heavy (non-hydrogen) atoms. The van der Waals surface area contributed by atoms with Gasteiger partial charge in [0.05, 0.1) is 10.8 Å². The van der Waals surface area contributed by atoms with Crippen molar-refractivity contribution in [2.24, 2.45) is 0 Å². The van der Waals surface area contributed by atoms with Crippen LogP contribution in [-0.2, 0) is 4.79 Å². The summed E-state index contributed by atoms with van der Waals surface area (Å²) in [5.74, 6) is -1.66. The Balaban J connectivity index is 2.98. The molecular formula is C11H11NO4. The number of aliphatic carboxylic acids is 1. The van der Waals surface area contributed by atoms with Crippen molar-refractivity contribution in [3.05, 3.63) is 52.6 Å². The Kier molecular flexibility index (Phi) is 3.77. The first kappa shape index (κ1) is 11.9. The molecule has 0 heterocycles. The van der Waals surface area contributed by atoms with Gasteiger partial charge in [0.1, 0.15) is 0 Å². The predicted octanol–water partition coefficient (Wildman–Crippen LogP) is 2.34. The number of allylic oxidation sites excluding steroid dienone is 1. The number of non-ortho nitro benzene ring substituents is 1. The fourth-order valence-corrected chi connectivity index (χ4v) is 1.37. The lowest BCUT2D eigenvalue weighted by atomic mass is 9.96. The van der Waals surface area contributed by atoms with E-state index in [0.29, 0.717) is 12.0 Å². The monoisotopic (exact) mass is 221 g/mol. The molecule has 0 aliphatic rings. The van der Waals surface area contributed by atoms with Gasteiger partial charge in [-0.05, 0) is 12.0 Å². The third-order valence-corrected chi connectivity index (χ3v) is 2.21. The molecule has 5 nitrogen and oxygen atoms in total. The van der Waals surface area contributed by atoms with Crippen LogP contribution < -0.4 is 0 Å². The van der Waals surface area contributed by atoms with Gasteiger partial charge in [-0.25, -0.2) is 0 Å². The summed E-state index contributed by atoms with van der Waals surface area (Å²) in [5, 5.41) is 19.4. The van der Waals surface area contributed by atoms with Crippen molar-refractivity contribution in [3.63, 3.8) is 0 Å². The number of nitrogens with zero attached hydrogens (tertiary/aromatic N) is 1. The molecule has 1 aromatic carbocycles. The second kappa shape index (κ2) is 5.06. The van der Waals surface area contributed by atoms with Crippen LogP contribution in [0.4, 0.5) is 5.69 Å². The van der Waals surface area contributed by atoms with E-state index in [9.17, 15) is 14.9 Å². The van der Waals surface area contributed by atoms with Gasteiger partial charge in [0.25, 0.3) is 5.69 Å². The van der Waals surface area contributed by atoms with Crippen LogP contribution in [0.3, 0.4) is 0 Å². The van der Waals surface area contributed by atoms with Crippen molar-refractivity contribution < 1.29 is 14.8 Å². The molecule has 0 aliphatic carbocycles. The summed E-state index contributed by atoms with van der Waals surface area (Å²) in [6.45, 7) is 3.48. The Morgan fingerprint density at radius 1 is 1.50 bits per heavy atom. The SMILES string of the molecule is C=CCC(C(=O)O)c1ccc([N+](=O)[O-])cc1. The minimum absolute atomic E-state index is 0.0495. The first-order chi connectivity index (χ1) is 7.56. The summed E-state index contributed by atoms with van der Waals surface area (Å²) in [6.07, 6.45) is 1.81. The highest BCUT2D eigenvalue weighted by Crippen LogP contribution is 2.22. The summed E-state index contributed by atoms with van der Waals surface area (Å²) in [6, 6.07) is 5.52. The van der Waals surface area contributed by atoms with Crippen LogP contribution in [0.25, 0.3) is 0 Å². The van der Waals surface area contributed by atoms with Gasteiger partial charge in [0.15, 0.2) is 0 Å². The number of nitro groups is 1. The van der Waals surface area contributed by atoms with Crippen LogP contribution in [0.1, 0.15) is 17.9 Å². The molecule has 1 N–H and O–H groups in total. The zero-order valence-electron chi connectivity index (χ0n) is 8.50. The van der Waals surface area contributed by atoms with Crippen molar-refractivity contribution in [3.8, 4) is 0 Å². The zero-order valence-corrected chi connectivity index (χ0v) is 8.50. The van der Waals surface area contributed by atoms with Gasteiger partial charge in [-0.1, -0.05) is 18.2 Å². The second-order valence-electron chi connectivity index (χ2n) is 3.26. The maximum Gasteiger partial charge on any atom is 0.311 e. The van der Waals surface area contributed by atoms with Crippen molar-refractivity contribution in [2.45, 2.75) is 12.3 Å². The number of hydrogen-bond acceptors (Lipinski definition) is 3. The molecule has 5 heteroatoms. The molecule has 0 bridgehead atoms. The molecule has 84 valence electrons. The summed E-state index contributed by atoms with van der Waals surface area (Å²) in [5.41, 5.74) is 0.490. The minimum atomic E-state index is -0.964. The highest BCUT2D eigenvalue weighted by Gasteiger charge is 2.18. The number of hydrogen-bond donors (Lipinski definition) is 1. The van der Waals surface area contributed by atoms with Crippen molar-refractivity contribution in [2.75, 3.05) is 0 Å². The van der Waals surface area contributed by atoms with E-state index in [1.165, 1.54) is 30.3 Å². The molecule has 1 unspecified atom stereocenters. The average Bonchev–Trinajstić information content (AvgIpc) is 2.25. The van der Waals surface area contributed by atoms with Crippen LogP contribution in [0.15, 0.2) is 36.9 Å². The number of carbonyl (C=O) groups is 1. The molecule has 0 aliphatic heterocycles. The Hall–Kier alpha value is -2.17. The molecule has 0 spiro atoms. The van der Waals surface area contributed by atoms with E-state index in [-0.39, 0.29) is 5.69 Å². The molecule has 1 aromatic rings. The van der Waals surface area contributed by atoms with Gasteiger partial charge < -0.3 is 5.11 Å². The van der Waals surface area contributed by atoms with Crippen molar-refractivity contribution in [1.82, 2.24) is 0 Å². The molecule has 0 amide bonds. The highest BCUT2D eigenvalue weighted by molar-refractivity contribution is 5.76. The Morgan fingerprint density at radius 2 is 2.06 bits per heavy atom. The molecule has 1 rings (SSSR count). The molecule has 1 atom stereocenters. The fourth-order valence-electron chi connectivity index (χ4n) is 1.37. The van der Waals surface area contributed by atoms with Gasteiger partial charge in [0, 0.05) is 12.1 Å². The van der Waals surface area contributed by atoms with E-state index in [1.807, 2.05) is 0 Å². The maximum atomic E-state index is 10.9. The largest absolute Gasteiger partial charge is 0.481 e. The lowest BCUT2D eigenvalue weighted by Crippen LogP contribution is -2.10. The van der Waals surface area contributed by atoms with E-state index >= 15 is 0 Å². The topological polar surface area (TPSA) is 80.4 Å². The van der Waals surface area contributed by atoms with Crippen LogP contribution in [0.2, 0.25) is 0 Å². The lowest BCUT2D eigenvalue weighted by molar-refractivity contribution is -0.384. The van der Waals surface area contributed by atoms with Gasteiger partial charge in [-0.15, -0.1) is 6.58 Å². The number of carboxylic acids is 1.